The second-order valence-electron chi connectivity index (χ2n) is 3.90. The summed E-state index contributed by atoms with van der Waals surface area (Å²) < 4.78 is 37.3. The molecule has 0 saturated heterocycles. The molecule has 0 amide bonds. The molecule has 0 fully saturated rings. The van der Waals surface area contributed by atoms with E-state index in [1.165, 1.54) is 6.07 Å². The summed E-state index contributed by atoms with van der Waals surface area (Å²) in [6.45, 7) is 2.28. The molecule has 1 aromatic rings. The van der Waals surface area contributed by atoms with E-state index in [0.29, 0.717) is 13.0 Å². The fourth-order valence-corrected chi connectivity index (χ4v) is 1.42. The molecule has 0 bridgehead atoms. The van der Waals surface area contributed by atoms with E-state index in [4.69, 9.17) is 16.7 Å². The van der Waals surface area contributed by atoms with Crippen LogP contribution < -0.4 is 5.32 Å². The molecule has 0 radical (unpaired) electrons. The fraction of sp³-hybridized carbons (Fsp3) is 0.600. The molecule has 2 N–H and O–H groups in total. The van der Waals surface area contributed by atoms with E-state index in [9.17, 15) is 13.2 Å². The molecule has 0 aromatic carbocycles. The maximum absolute atomic E-state index is 12.4. The number of nitrogens with one attached hydrogen (secondary N) is 1. The SMILES string of the molecule is CC(CCO)CNc1cc(Cl)nc(C(F)(F)F)n1. The Labute approximate surface area is 107 Å². The van der Waals surface area contributed by atoms with Crippen LogP contribution in [0.4, 0.5) is 19.0 Å². The number of aliphatic hydroxyl groups excluding tert-OH is 1. The summed E-state index contributed by atoms with van der Waals surface area (Å²) >= 11 is 5.50. The number of hydrogen-bond acceptors (Lipinski definition) is 4. The van der Waals surface area contributed by atoms with Crippen molar-refractivity contribution in [1.82, 2.24) is 9.97 Å². The predicted octanol–water partition coefficient (Wildman–Crippen LogP) is 2.58. The van der Waals surface area contributed by atoms with Gasteiger partial charge >= 0.3 is 6.18 Å². The Morgan fingerprint density at radius 3 is 2.67 bits per heavy atom. The van der Waals surface area contributed by atoms with Gasteiger partial charge in [0.1, 0.15) is 11.0 Å². The van der Waals surface area contributed by atoms with Gasteiger partial charge in [-0.3, -0.25) is 0 Å². The van der Waals surface area contributed by atoms with Crippen molar-refractivity contribution in [2.45, 2.75) is 19.5 Å². The first kappa shape index (κ1) is 15.0. The molecule has 1 rings (SSSR count). The number of halogens is 4. The number of aliphatic hydroxyl groups is 1. The summed E-state index contributed by atoms with van der Waals surface area (Å²) in [5.41, 5.74) is 0. The summed E-state index contributed by atoms with van der Waals surface area (Å²) in [6.07, 6.45) is -4.07. The molecular weight excluding hydrogens is 271 g/mol. The normalized spacial score (nSPS) is 13.4. The van der Waals surface area contributed by atoms with Crippen molar-refractivity contribution in [3.63, 3.8) is 0 Å². The van der Waals surface area contributed by atoms with Crippen molar-refractivity contribution in [2.24, 2.45) is 5.92 Å². The second-order valence-corrected chi connectivity index (χ2v) is 4.28. The first-order valence-corrected chi connectivity index (χ1v) is 5.67. The van der Waals surface area contributed by atoms with Gasteiger partial charge in [0.2, 0.25) is 5.82 Å². The van der Waals surface area contributed by atoms with Gasteiger partial charge in [-0.15, -0.1) is 0 Å². The predicted molar refractivity (Wildman–Crippen MR) is 61.4 cm³/mol. The highest BCUT2D eigenvalue weighted by Gasteiger charge is 2.35. The van der Waals surface area contributed by atoms with E-state index in [1.807, 2.05) is 6.92 Å². The summed E-state index contributed by atoms with van der Waals surface area (Å²) in [5, 5.41) is 11.2. The zero-order valence-electron chi connectivity index (χ0n) is 9.63. The highest BCUT2D eigenvalue weighted by molar-refractivity contribution is 6.29. The molecule has 1 heterocycles. The van der Waals surface area contributed by atoms with Gasteiger partial charge in [0.05, 0.1) is 0 Å². The standard InChI is InChI=1S/C10H13ClF3N3O/c1-6(2-3-18)5-15-8-4-7(11)16-9(17-8)10(12,13)14/h4,6,18H,2-3,5H2,1H3,(H,15,16,17). The lowest BCUT2D eigenvalue weighted by Crippen LogP contribution is -2.16. The number of aromatic nitrogens is 2. The lowest BCUT2D eigenvalue weighted by atomic mass is 10.1. The second kappa shape index (κ2) is 6.19. The monoisotopic (exact) mass is 283 g/mol. The van der Waals surface area contributed by atoms with Crippen LogP contribution in [-0.4, -0.2) is 28.2 Å². The third-order valence-electron chi connectivity index (χ3n) is 2.20. The fourth-order valence-electron chi connectivity index (χ4n) is 1.24. The van der Waals surface area contributed by atoms with Gasteiger partial charge in [0.25, 0.3) is 0 Å². The quantitative estimate of drug-likeness (QED) is 0.816. The number of anilines is 1. The van der Waals surface area contributed by atoms with E-state index in [0.717, 1.165) is 0 Å². The van der Waals surface area contributed by atoms with Crippen LogP contribution >= 0.6 is 11.6 Å². The van der Waals surface area contributed by atoms with Gasteiger partial charge in [-0.2, -0.15) is 13.2 Å². The van der Waals surface area contributed by atoms with Crippen molar-refractivity contribution in [2.75, 3.05) is 18.5 Å². The molecule has 4 nitrogen and oxygen atoms in total. The first-order valence-electron chi connectivity index (χ1n) is 5.29. The highest BCUT2D eigenvalue weighted by Crippen LogP contribution is 2.28. The summed E-state index contributed by atoms with van der Waals surface area (Å²) in [5.74, 6) is -1.14. The topological polar surface area (TPSA) is 58.0 Å². The summed E-state index contributed by atoms with van der Waals surface area (Å²) in [6, 6.07) is 1.22. The molecule has 0 spiro atoms. The zero-order valence-corrected chi connectivity index (χ0v) is 10.4. The Hall–Kier alpha value is -1.08. The van der Waals surface area contributed by atoms with Gasteiger partial charge in [0, 0.05) is 19.2 Å². The Morgan fingerprint density at radius 1 is 1.44 bits per heavy atom. The number of hydrogen-bond donors (Lipinski definition) is 2. The highest BCUT2D eigenvalue weighted by atomic mass is 35.5. The third kappa shape index (κ3) is 4.66. The minimum absolute atomic E-state index is 0.0205. The molecule has 0 aliphatic carbocycles. The van der Waals surface area contributed by atoms with Crippen molar-refractivity contribution in [3.05, 3.63) is 17.0 Å². The molecule has 1 aromatic heterocycles. The third-order valence-corrected chi connectivity index (χ3v) is 2.40. The number of rotatable bonds is 5. The lowest BCUT2D eigenvalue weighted by Gasteiger charge is -2.13. The Bertz CT molecular complexity index is 400. The van der Waals surface area contributed by atoms with Gasteiger partial charge in [-0.25, -0.2) is 9.97 Å². The van der Waals surface area contributed by atoms with Crippen LogP contribution in [0, 0.1) is 5.92 Å². The van der Waals surface area contributed by atoms with Gasteiger partial charge in [0.15, 0.2) is 0 Å². The van der Waals surface area contributed by atoms with Crippen molar-refractivity contribution >= 4 is 17.4 Å². The summed E-state index contributed by atoms with van der Waals surface area (Å²) in [4.78, 5) is 6.46. The van der Waals surface area contributed by atoms with Gasteiger partial charge in [-0.1, -0.05) is 18.5 Å². The number of alkyl halides is 3. The van der Waals surface area contributed by atoms with Gasteiger partial charge < -0.3 is 10.4 Å². The molecule has 0 aliphatic rings. The molecule has 0 saturated carbocycles. The van der Waals surface area contributed by atoms with Crippen LogP contribution in [0.1, 0.15) is 19.2 Å². The molecule has 1 unspecified atom stereocenters. The van der Waals surface area contributed by atoms with Crippen molar-refractivity contribution in [3.8, 4) is 0 Å². The molecule has 8 heteroatoms. The smallest absolute Gasteiger partial charge is 0.396 e. The molecular formula is C10H13ClF3N3O. The van der Waals surface area contributed by atoms with Crippen molar-refractivity contribution < 1.29 is 18.3 Å². The Morgan fingerprint density at radius 2 is 2.11 bits per heavy atom. The van der Waals surface area contributed by atoms with Crippen LogP contribution in [0.3, 0.4) is 0 Å². The first-order chi connectivity index (χ1) is 8.32. The summed E-state index contributed by atoms with van der Waals surface area (Å²) in [7, 11) is 0. The maximum atomic E-state index is 12.4. The Balaban J connectivity index is 2.75. The molecule has 102 valence electrons. The molecule has 18 heavy (non-hydrogen) atoms. The van der Waals surface area contributed by atoms with E-state index >= 15 is 0 Å². The van der Waals surface area contributed by atoms with Crippen LogP contribution in [0.2, 0.25) is 5.15 Å². The Kier molecular flexibility index (Phi) is 5.15. The molecule has 1 atom stereocenters. The van der Waals surface area contributed by atoms with Crippen LogP contribution in [0.15, 0.2) is 6.07 Å². The van der Waals surface area contributed by atoms with Crippen LogP contribution in [0.25, 0.3) is 0 Å². The zero-order chi connectivity index (χ0) is 13.8. The largest absolute Gasteiger partial charge is 0.451 e. The van der Waals surface area contributed by atoms with Crippen LogP contribution in [-0.2, 0) is 6.18 Å². The van der Waals surface area contributed by atoms with E-state index in [1.54, 1.807) is 0 Å². The van der Waals surface area contributed by atoms with Gasteiger partial charge in [-0.05, 0) is 12.3 Å². The average Bonchev–Trinajstić information content (AvgIpc) is 2.25. The van der Waals surface area contributed by atoms with Crippen molar-refractivity contribution in [1.29, 1.82) is 0 Å². The van der Waals surface area contributed by atoms with E-state index < -0.39 is 12.0 Å². The lowest BCUT2D eigenvalue weighted by molar-refractivity contribution is -0.144. The van der Waals surface area contributed by atoms with E-state index in [-0.39, 0.29) is 23.5 Å². The minimum Gasteiger partial charge on any atom is -0.396 e. The molecule has 0 aliphatic heterocycles. The maximum Gasteiger partial charge on any atom is 0.451 e. The average molecular weight is 284 g/mol. The number of nitrogens with zero attached hydrogens (tertiary/aromatic N) is 2. The van der Waals surface area contributed by atoms with E-state index in [2.05, 4.69) is 15.3 Å². The van der Waals surface area contributed by atoms with Crippen LogP contribution in [0.5, 0.6) is 0 Å². The minimum atomic E-state index is -4.63.